The molecule has 1 aromatic carbocycles. The minimum absolute atomic E-state index is 0.122. The average molecular weight is 278 g/mol. The summed E-state index contributed by atoms with van der Waals surface area (Å²) in [5.41, 5.74) is 7.46. The second-order valence-corrected chi connectivity index (χ2v) is 6.92. The van der Waals surface area contributed by atoms with E-state index in [9.17, 15) is 0 Å². The summed E-state index contributed by atoms with van der Waals surface area (Å²) in [5.74, 6) is 0. The smallest absolute Gasteiger partial charge is 0.0850 e. The van der Waals surface area contributed by atoms with Crippen molar-refractivity contribution in [3.05, 3.63) is 29.8 Å². The second kappa shape index (κ2) is 5.83. The molecule has 2 heterocycles. The number of nitrogens with zero attached hydrogens (tertiary/aromatic N) is 1. The molecule has 4 heteroatoms. The molecule has 3 atom stereocenters. The van der Waals surface area contributed by atoms with Crippen LogP contribution in [0, 0.1) is 0 Å². The van der Waals surface area contributed by atoms with Gasteiger partial charge in [0.25, 0.3) is 0 Å². The molecule has 1 fully saturated rings. The molecule has 3 nitrogen and oxygen atoms in total. The Labute approximate surface area is 119 Å². The van der Waals surface area contributed by atoms with Crippen LogP contribution in [0.25, 0.3) is 0 Å². The van der Waals surface area contributed by atoms with Crippen molar-refractivity contribution in [1.82, 2.24) is 4.90 Å². The molecule has 0 radical (unpaired) electrons. The molecule has 0 bridgehead atoms. The van der Waals surface area contributed by atoms with Gasteiger partial charge in [0.05, 0.1) is 12.7 Å². The van der Waals surface area contributed by atoms with E-state index in [-0.39, 0.29) is 12.1 Å². The van der Waals surface area contributed by atoms with Crippen LogP contribution in [0.4, 0.5) is 0 Å². The lowest BCUT2D eigenvalue weighted by molar-refractivity contribution is -0.0372. The number of hydrogen-bond acceptors (Lipinski definition) is 4. The number of nitrogens with two attached hydrogens (primary N) is 1. The maximum Gasteiger partial charge on any atom is 0.0850 e. The minimum atomic E-state index is 0.122. The Kier molecular flexibility index (Phi) is 4.12. The molecule has 0 spiro atoms. The summed E-state index contributed by atoms with van der Waals surface area (Å²) in [7, 11) is 0. The molecule has 2 aliphatic heterocycles. The second-order valence-electron chi connectivity index (χ2n) is 5.58. The minimum Gasteiger partial charge on any atom is -0.374 e. The van der Waals surface area contributed by atoms with Gasteiger partial charge in [0.15, 0.2) is 0 Å². The first-order valence-electron chi connectivity index (χ1n) is 7.06. The van der Waals surface area contributed by atoms with Crippen molar-refractivity contribution in [2.24, 2.45) is 5.73 Å². The summed E-state index contributed by atoms with van der Waals surface area (Å²) in [5, 5.41) is 0.684. The highest BCUT2D eigenvalue weighted by molar-refractivity contribution is 8.00. The molecule has 3 rings (SSSR count). The molecule has 19 heavy (non-hydrogen) atoms. The summed E-state index contributed by atoms with van der Waals surface area (Å²) in [6.45, 7) is 6.01. The van der Waals surface area contributed by atoms with E-state index in [4.69, 9.17) is 10.5 Å². The zero-order valence-electron chi connectivity index (χ0n) is 11.4. The van der Waals surface area contributed by atoms with Crippen molar-refractivity contribution >= 4 is 11.8 Å². The van der Waals surface area contributed by atoms with Crippen molar-refractivity contribution < 1.29 is 4.74 Å². The molecule has 2 N–H and O–H groups in total. The topological polar surface area (TPSA) is 38.5 Å². The molecule has 3 unspecified atom stereocenters. The van der Waals surface area contributed by atoms with E-state index in [1.54, 1.807) is 0 Å². The van der Waals surface area contributed by atoms with Crippen LogP contribution in [0.1, 0.15) is 12.5 Å². The van der Waals surface area contributed by atoms with Crippen LogP contribution in [0.5, 0.6) is 0 Å². The summed E-state index contributed by atoms with van der Waals surface area (Å²) >= 11 is 2.03. The SMILES string of the molecule is CC(N)C1CN(CC2Cc3ccccc3S2)CCO1. The van der Waals surface area contributed by atoms with E-state index < -0.39 is 0 Å². The number of morpholine rings is 1. The first-order valence-corrected chi connectivity index (χ1v) is 7.94. The first-order chi connectivity index (χ1) is 9.22. The maximum atomic E-state index is 5.95. The molecule has 0 saturated carbocycles. The van der Waals surface area contributed by atoms with Crippen molar-refractivity contribution in [3.63, 3.8) is 0 Å². The largest absolute Gasteiger partial charge is 0.374 e. The van der Waals surface area contributed by atoms with E-state index in [1.807, 2.05) is 18.7 Å². The summed E-state index contributed by atoms with van der Waals surface area (Å²) < 4.78 is 5.72. The van der Waals surface area contributed by atoms with Gasteiger partial charge in [-0.2, -0.15) is 0 Å². The molecular formula is C15H22N2OS. The lowest BCUT2D eigenvalue weighted by Gasteiger charge is -2.35. The average Bonchev–Trinajstić information content (AvgIpc) is 2.81. The molecule has 104 valence electrons. The number of benzene rings is 1. The lowest BCUT2D eigenvalue weighted by Crippen LogP contribution is -2.50. The van der Waals surface area contributed by atoms with E-state index in [2.05, 4.69) is 29.2 Å². The number of rotatable bonds is 3. The van der Waals surface area contributed by atoms with Gasteiger partial charge in [-0.05, 0) is 25.0 Å². The van der Waals surface area contributed by atoms with Gasteiger partial charge in [0, 0.05) is 35.8 Å². The van der Waals surface area contributed by atoms with Crippen molar-refractivity contribution in [2.75, 3.05) is 26.2 Å². The van der Waals surface area contributed by atoms with E-state index in [1.165, 1.54) is 16.9 Å². The predicted molar refractivity (Wildman–Crippen MR) is 79.6 cm³/mol. The van der Waals surface area contributed by atoms with E-state index in [0.29, 0.717) is 5.25 Å². The highest BCUT2D eigenvalue weighted by Crippen LogP contribution is 2.37. The van der Waals surface area contributed by atoms with Gasteiger partial charge in [-0.25, -0.2) is 0 Å². The zero-order chi connectivity index (χ0) is 13.2. The third-order valence-corrected chi connectivity index (χ3v) is 5.24. The lowest BCUT2D eigenvalue weighted by atomic mass is 10.1. The quantitative estimate of drug-likeness (QED) is 0.914. The summed E-state index contributed by atoms with van der Waals surface area (Å²) in [6, 6.07) is 8.89. The highest BCUT2D eigenvalue weighted by Gasteiger charge is 2.28. The molecule has 1 saturated heterocycles. The standard InChI is InChI=1S/C15H22N2OS/c1-11(16)14-10-17(6-7-18-14)9-13-8-12-4-2-3-5-15(12)19-13/h2-5,11,13-14H,6-10,16H2,1H3. The van der Waals surface area contributed by atoms with Crippen LogP contribution >= 0.6 is 11.8 Å². The molecule has 2 aliphatic rings. The summed E-state index contributed by atoms with van der Waals surface area (Å²) in [6.07, 6.45) is 1.39. The fraction of sp³-hybridized carbons (Fsp3) is 0.600. The Bertz CT molecular complexity index is 413. The summed E-state index contributed by atoms with van der Waals surface area (Å²) in [4.78, 5) is 3.98. The van der Waals surface area contributed by atoms with Crippen molar-refractivity contribution in [1.29, 1.82) is 0 Å². The Balaban J connectivity index is 1.56. The number of fused-ring (bicyclic) bond motifs is 1. The Morgan fingerprint density at radius 3 is 3.11 bits per heavy atom. The van der Waals surface area contributed by atoms with Gasteiger partial charge in [0.1, 0.15) is 0 Å². The van der Waals surface area contributed by atoms with E-state index >= 15 is 0 Å². The predicted octanol–water partition coefficient (Wildman–Crippen LogP) is 1.75. The fourth-order valence-corrected chi connectivity index (χ4v) is 4.23. The monoisotopic (exact) mass is 278 g/mol. The van der Waals surface area contributed by atoms with Crippen LogP contribution in [-0.2, 0) is 11.2 Å². The number of hydrogen-bond donors (Lipinski definition) is 1. The molecule has 0 amide bonds. The van der Waals surface area contributed by atoms with Gasteiger partial charge in [0.2, 0.25) is 0 Å². The third-order valence-electron chi connectivity index (χ3n) is 3.94. The first kappa shape index (κ1) is 13.4. The fourth-order valence-electron chi connectivity index (χ4n) is 2.86. The van der Waals surface area contributed by atoms with Crippen LogP contribution in [0.2, 0.25) is 0 Å². The van der Waals surface area contributed by atoms with Crippen molar-refractivity contribution in [3.8, 4) is 0 Å². The van der Waals surface area contributed by atoms with Crippen LogP contribution < -0.4 is 5.73 Å². The number of thioether (sulfide) groups is 1. The zero-order valence-corrected chi connectivity index (χ0v) is 12.2. The molecule has 0 aliphatic carbocycles. The highest BCUT2D eigenvalue weighted by atomic mass is 32.2. The molecule has 1 aromatic rings. The van der Waals surface area contributed by atoms with Crippen LogP contribution in [0.3, 0.4) is 0 Å². The van der Waals surface area contributed by atoms with Crippen LogP contribution in [0.15, 0.2) is 29.2 Å². The third kappa shape index (κ3) is 3.14. The molecule has 0 aromatic heterocycles. The van der Waals surface area contributed by atoms with Gasteiger partial charge in [-0.3, -0.25) is 4.90 Å². The van der Waals surface area contributed by atoms with Crippen LogP contribution in [-0.4, -0.2) is 48.5 Å². The van der Waals surface area contributed by atoms with Gasteiger partial charge >= 0.3 is 0 Å². The van der Waals surface area contributed by atoms with Gasteiger partial charge < -0.3 is 10.5 Å². The Morgan fingerprint density at radius 1 is 1.47 bits per heavy atom. The van der Waals surface area contributed by atoms with Crippen molar-refractivity contribution in [2.45, 2.75) is 35.6 Å². The Morgan fingerprint density at radius 2 is 2.32 bits per heavy atom. The number of ether oxygens (including phenoxy) is 1. The van der Waals surface area contributed by atoms with Gasteiger partial charge in [-0.15, -0.1) is 11.8 Å². The normalized spacial score (nSPS) is 29.2. The van der Waals surface area contributed by atoms with Gasteiger partial charge in [-0.1, -0.05) is 18.2 Å². The maximum absolute atomic E-state index is 5.95. The van der Waals surface area contributed by atoms with E-state index in [0.717, 1.165) is 26.2 Å². The Hall–Kier alpha value is -0.550. The molecular weight excluding hydrogens is 256 g/mol.